The number of halogens is 1. The molecular formula is C24H20ClN3O4. The third-order valence-electron chi connectivity index (χ3n) is 4.84. The summed E-state index contributed by atoms with van der Waals surface area (Å²) in [7, 11) is 0. The molecule has 4 aromatic rings. The zero-order chi connectivity index (χ0) is 22.5. The van der Waals surface area contributed by atoms with Crippen molar-refractivity contribution in [2.24, 2.45) is 0 Å². The summed E-state index contributed by atoms with van der Waals surface area (Å²) < 4.78 is 10.5. The Morgan fingerprint density at radius 2 is 1.81 bits per heavy atom. The number of aromatic nitrogens is 2. The highest BCUT2D eigenvalue weighted by Gasteiger charge is 2.19. The molecule has 4 rings (SSSR count). The Balaban J connectivity index is 1.30. The lowest BCUT2D eigenvalue weighted by molar-refractivity contribution is -0.153. The van der Waals surface area contributed by atoms with E-state index < -0.39 is 18.0 Å². The second-order valence-corrected chi connectivity index (χ2v) is 7.60. The number of fused-ring (bicyclic) bond motifs is 1. The summed E-state index contributed by atoms with van der Waals surface area (Å²) in [5.74, 6) is -0.220. The van der Waals surface area contributed by atoms with Crippen LogP contribution in [0.25, 0.3) is 22.2 Å². The van der Waals surface area contributed by atoms with Crippen molar-refractivity contribution >= 4 is 39.9 Å². The van der Waals surface area contributed by atoms with Gasteiger partial charge in [0.1, 0.15) is 0 Å². The molecular weight excluding hydrogens is 430 g/mol. The van der Waals surface area contributed by atoms with E-state index in [4.69, 9.17) is 20.9 Å². The minimum absolute atomic E-state index is 0.00807. The average Bonchev–Trinajstić information content (AvgIpc) is 3.27. The summed E-state index contributed by atoms with van der Waals surface area (Å²) >= 11 is 5.88. The van der Waals surface area contributed by atoms with Gasteiger partial charge in [-0.15, -0.1) is 0 Å². The van der Waals surface area contributed by atoms with Crippen LogP contribution in [-0.4, -0.2) is 28.1 Å². The van der Waals surface area contributed by atoms with Crippen LogP contribution in [0.4, 0.5) is 5.69 Å². The van der Waals surface area contributed by atoms with E-state index in [0.717, 1.165) is 16.3 Å². The standard InChI is InChI=1S/C24H20ClN3O4/c1-15(24(30)26-20-8-4-6-16-5-2-3-7-19(16)20)31-22(29)14-13-21-27-23(28-32-21)17-9-11-18(25)12-10-17/h2-12,15H,13-14H2,1H3,(H,26,30). The molecule has 1 amide bonds. The van der Waals surface area contributed by atoms with E-state index in [1.54, 1.807) is 24.3 Å². The molecule has 0 saturated carbocycles. The normalized spacial score (nSPS) is 11.8. The fourth-order valence-electron chi connectivity index (χ4n) is 3.16. The number of nitrogens with zero attached hydrogens (tertiary/aromatic N) is 2. The van der Waals surface area contributed by atoms with Crippen molar-refractivity contribution in [1.82, 2.24) is 10.1 Å². The van der Waals surface area contributed by atoms with Crippen molar-refractivity contribution in [3.63, 3.8) is 0 Å². The fraction of sp³-hybridized carbons (Fsp3) is 0.167. The van der Waals surface area contributed by atoms with Crippen molar-refractivity contribution in [3.8, 4) is 11.4 Å². The van der Waals surface area contributed by atoms with Crippen molar-refractivity contribution in [3.05, 3.63) is 77.6 Å². The summed E-state index contributed by atoms with van der Waals surface area (Å²) in [5.41, 5.74) is 1.42. The van der Waals surface area contributed by atoms with Gasteiger partial charge in [0, 0.05) is 28.1 Å². The van der Waals surface area contributed by atoms with E-state index >= 15 is 0 Å². The van der Waals surface area contributed by atoms with E-state index in [9.17, 15) is 9.59 Å². The molecule has 0 saturated heterocycles. The number of ether oxygens (including phenoxy) is 1. The molecule has 0 bridgehead atoms. The maximum Gasteiger partial charge on any atom is 0.307 e. The first-order chi connectivity index (χ1) is 15.5. The third kappa shape index (κ3) is 5.12. The number of esters is 1. The van der Waals surface area contributed by atoms with Gasteiger partial charge in [-0.25, -0.2) is 0 Å². The molecule has 32 heavy (non-hydrogen) atoms. The van der Waals surface area contributed by atoms with Gasteiger partial charge in [0.2, 0.25) is 11.7 Å². The molecule has 0 aliphatic carbocycles. The number of carbonyl (C=O) groups is 2. The van der Waals surface area contributed by atoms with E-state index in [2.05, 4.69) is 15.5 Å². The first-order valence-electron chi connectivity index (χ1n) is 10.1. The topological polar surface area (TPSA) is 94.3 Å². The molecule has 1 atom stereocenters. The van der Waals surface area contributed by atoms with Crippen molar-refractivity contribution in [2.45, 2.75) is 25.9 Å². The average molecular weight is 450 g/mol. The van der Waals surface area contributed by atoms with Gasteiger partial charge < -0.3 is 14.6 Å². The quantitative estimate of drug-likeness (QED) is 0.397. The Morgan fingerprint density at radius 1 is 1.06 bits per heavy atom. The number of benzene rings is 3. The molecule has 1 unspecified atom stereocenters. The number of hydrogen-bond donors (Lipinski definition) is 1. The Morgan fingerprint density at radius 3 is 2.62 bits per heavy atom. The van der Waals surface area contributed by atoms with Gasteiger partial charge in [-0.1, -0.05) is 53.2 Å². The van der Waals surface area contributed by atoms with Crippen LogP contribution in [0, 0.1) is 0 Å². The van der Waals surface area contributed by atoms with Gasteiger partial charge in [0.15, 0.2) is 6.10 Å². The highest BCUT2D eigenvalue weighted by molar-refractivity contribution is 6.30. The first-order valence-corrected chi connectivity index (χ1v) is 10.4. The van der Waals surface area contributed by atoms with E-state index in [-0.39, 0.29) is 12.8 Å². The van der Waals surface area contributed by atoms with Crippen LogP contribution >= 0.6 is 11.6 Å². The summed E-state index contributed by atoms with van der Waals surface area (Å²) in [6.45, 7) is 1.53. The summed E-state index contributed by atoms with van der Waals surface area (Å²) in [6.07, 6.45) is -0.737. The van der Waals surface area contributed by atoms with Gasteiger partial charge >= 0.3 is 5.97 Å². The predicted molar refractivity (Wildman–Crippen MR) is 121 cm³/mol. The van der Waals surface area contributed by atoms with Crippen LogP contribution in [0.2, 0.25) is 5.02 Å². The molecule has 0 fully saturated rings. The third-order valence-corrected chi connectivity index (χ3v) is 5.09. The SMILES string of the molecule is CC(OC(=O)CCc1nc(-c2ccc(Cl)cc2)no1)C(=O)Nc1cccc2ccccc12. The second-order valence-electron chi connectivity index (χ2n) is 7.17. The monoisotopic (exact) mass is 449 g/mol. The van der Waals surface area contributed by atoms with E-state index in [1.165, 1.54) is 6.92 Å². The molecule has 0 aliphatic rings. The molecule has 1 heterocycles. The zero-order valence-corrected chi connectivity index (χ0v) is 18.0. The molecule has 8 heteroatoms. The van der Waals surface area contributed by atoms with Gasteiger partial charge in [0.25, 0.3) is 5.91 Å². The Bertz CT molecular complexity index is 1250. The Labute approximate surface area is 189 Å². The van der Waals surface area contributed by atoms with Gasteiger partial charge in [-0.05, 0) is 42.6 Å². The van der Waals surface area contributed by atoms with E-state index in [1.807, 2.05) is 42.5 Å². The maximum absolute atomic E-state index is 12.5. The van der Waals surface area contributed by atoms with Crippen molar-refractivity contribution < 1.29 is 18.8 Å². The number of nitrogens with one attached hydrogen (secondary N) is 1. The van der Waals surface area contributed by atoms with E-state index in [0.29, 0.717) is 22.4 Å². The zero-order valence-electron chi connectivity index (χ0n) is 17.2. The molecule has 0 radical (unpaired) electrons. The van der Waals surface area contributed by atoms with Gasteiger partial charge in [0.05, 0.1) is 6.42 Å². The highest BCUT2D eigenvalue weighted by atomic mass is 35.5. The fourth-order valence-corrected chi connectivity index (χ4v) is 3.29. The lowest BCUT2D eigenvalue weighted by Crippen LogP contribution is -2.30. The van der Waals surface area contributed by atoms with Crippen LogP contribution < -0.4 is 5.32 Å². The molecule has 7 nitrogen and oxygen atoms in total. The number of amides is 1. The van der Waals surface area contributed by atoms with Gasteiger partial charge in [-0.2, -0.15) is 4.98 Å². The summed E-state index contributed by atoms with van der Waals surface area (Å²) in [6, 6.07) is 20.4. The summed E-state index contributed by atoms with van der Waals surface area (Å²) in [5, 5.41) is 9.26. The number of carbonyl (C=O) groups excluding carboxylic acids is 2. The molecule has 0 aliphatic heterocycles. The molecule has 1 N–H and O–H groups in total. The molecule has 1 aromatic heterocycles. The number of anilines is 1. The minimum atomic E-state index is -0.950. The Hall–Kier alpha value is -3.71. The number of hydrogen-bond acceptors (Lipinski definition) is 6. The van der Waals surface area contributed by atoms with Crippen LogP contribution in [-0.2, 0) is 20.7 Å². The number of aryl methyl sites for hydroxylation is 1. The van der Waals surface area contributed by atoms with Gasteiger partial charge in [-0.3, -0.25) is 9.59 Å². The highest BCUT2D eigenvalue weighted by Crippen LogP contribution is 2.23. The Kier molecular flexibility index (Phi) is 6.47. The smallest absolute Gasteiger partial charge is 0.307 e. The first kappa shape index (κ1) is 21.5. The summed E-state index contributed by atoms with van der Waals surface area (Å²) in [4.78, 5) is 29.0. The minimum Gasteiger partial charge on any atom is -0.453 e. The molecule has 0 spiro atoms. The van der Waals surface area contributed by atoms with Crippen LogP contribution in [0.1, 0.15) is 19.2 Å². The largest absolute Gasteiger partial charge is 0.453 e. The number of rotatable bonds is 7. The predicted octanol–water partition coefficient (Wildman–Crippen LogP) is 5.05. The van der Waals surface area contributed by atoms with Crippen LogP contribution in [0.15, 0.2) is 71.3 Å². The second kappa shape index (κ2) is 9.62. The van der Waals surface area contributed by atoms with Crippen molar-refractivity contribution in [2.75, 3.05) is 5.32 Å². The lowest BCUT2D eigenvalue weighted by atomic mass is 10.1. The van der Waals surface area contributed by atoms with Crippen LogP contribution in [0.3, 0.4) is 0 Å². The molecule has 162 valence electrons. The van der Waals surface area contributed by atoms with Crippen molar-refractivity contribution in [1.29, 1.82) is 0 Å². The maximum atomic E-state index is 12.5. The molecule has 3 aromatic carbocycles. The van der Waals surface area contributed by atoms with Crippen LogP contribution in [0.5, 0.6) is 0 Å². The lowest BCUT2D eigenvalue weighted by Gasteiger charge is -2.14.